The zero-order valence-corrected chi connectivity index (χ0v) is 12.1. The standard InChI is InChI=1S/C16H17NO2S/c1-3-16(14-7-5-4-6-8-14)17-20(18,19)15-11-9-13(2)10-12-15/h3-12,16-17H,1H2,2H3/t16-/m1/s1. The Labute approximate surface area is 120 Å². The fourth-order valence-corrected chi connectivity index (χ4v) is 3.06. The molecular formula is C16H17NO2S. The lowest BCUT2D eigenvalue weighted by molar-refractivity contribution is 0.574. The molecule has 0 heterocycles. The van der Waals surface area contributed by atoms with E-state index >= 15 is 0 Å². The minimum absolute atomic E-state index is 0.255. The summed E-state index contributed by atoms with van der Waals surface area (Å²) in [4.78, 5) is 0.255. The molecule has 0 aliphatic carbocycles. The van der Waals surface area contributed by atoms with E-state index in [4.69, 9.17) is 0 Å². The second kappa shape index (κ2) is 6.03. The fourth-order valence-electron chi connectivity index (χ4n) is 1.87. The first-order valence-electron chi connectivity index (χ1n) is 6.29. The Balaban J connectivity index is 2.27. The highest BCUT2D eigenvalue weighted by molar-refractivity contribution is 7.89. The van der Waals surface area contributed by atoms with Gasteiger partial charge in [0.15, 0.2) is 0 Å². The molecule has 0 saturated carbocycles. The summed E-state index contributed by atoms with van der Waals surface area (Å²) in [5.41, 5.74) is 1.88. The number of rotatable bonds is 5. The van der Waals surface area contributed by atoms with Crippen molar-refractivity contribution in [2.24, 2.45) is 0 Å². The van der Waals surface area contributed by atoms with Gasteiger partial charge in [-0.2, -0.15) is 4.72 Å². The summed E-state index contributed by atoms with van der Waals surface area (Å²) in [7, 11) is -3.56. The maximum Gasteiger partial charge on any atom is 0.241 e. The molecule has 1 atom stereocenters. The predicted octanol–water partition coefficient (Wildman–Crippen LogP) is 3.20. The molecule has 0 radical (unpaired) electrons. The van der Waals surface area contributed by atoms with Crippen LogP contribution in [0.5, 0.6) is 0 Å². The molecule has 0 aliphatic rings. The van der Waals surface area contributed by atoms with Crippen LogP contribution >= 0.6 is 0 Å². The van der Waals surface area contributed by atoms with Crippen LogP contribution in [0.3, 0.4) is 0 Å². The molecule has 0 aliphatic heterocycles. The number of benzene rings is 2. The van der Waals surface area contributed by atoms with Gasteiger partial charge in [-0.3, -0.25) is 0 Å². The maximum absolute atomic E-state index is 12.3. The molecular weight excluding hydrogens is 270 g/mol. The highest BCUT2D eigenvalue weighted by atomic mass is 32.2. The zero-order valence-electron chi connectivity index (χ0n) is 11.3. The molecule has 3 nitrogen and oxygen atoms in total. The van der Waals surface area contributed by atoms with Gasteiger partial charge < -0.3 is 0 Å². The van der Waals surface area contributed by atoms with E-state index in [0.29, 0.717) is 0 Å². The summed E-state index contributed by atoms with van der Waals surface area (Å²) < 4.78 is 27.3. The SMILES string of the molecule is C=C[C@@H](NS(=O)(=O)c1ccc(C)cc1)c1ccccc1. The van der Waals surface area contributed by atoms with Gasteiger partial charge in [0.25, 0.3) is 0 Å². The van der Waals surface area contributed by atoms with Gasteiger partial charge in [-0.1, -0.05) is 54.1 Å². The Hall–Kier alpha value is -1.91. The van der Waals surface area contributed by atoms with E-state index in [1.54, 1.807) is 30.3 Å². The third-order valence-electron chi connectivity index (χ3n) is 3.01. The third kappa shape index (κ3) is 3.35. The van der Waals surface area contributed by atoms with Crippen LogP contribution in [0.15, 0.2) is 72.1 Å². The van der Waals surface area contributed by atoms with Crippen LogP contribution in [0.2, 0.25) is 0 Å². The van der Waals surface area contributed by atoms with Crippen molar-refractivity contribution >= 4 is 10.0 Å². The van der Waals surface area contributed by atoms with Crippen molar-refractivity contribution in [2.45, 2.75) is 17.9 Å². The monoisotopic (exact) mass is 287 g/mol. The second-order valence-electron chi connectivity index (χ2n) is 4.56. The van der Waals surface area contributed by atoms with E-state index in [1.165, 1.54) is 0 Å². The Kier molecular flexibility index (Phi) is 4.37. The molecule has 2 aromatic carbocycles. The normalized spacial score (nSPS) is 12.8. The fraction of sp³-hybridized carbons (Fsp3) is 0.125. The molecule has 0 saturated heterocycles. The Morgan fingerprint density at radius 2 is 1.65 bits per heavy atom. The topological polar surface area (TPSA) is 46.2 Å². The van der Waals surface area contributed by atoms with Crippen LogP contribution in [0.1, 0.15) is 17.2 Å². The lowest BCUT2D eigenvalue weighted by Gasteiger charge is -2.15. The van der Waals surface area contributed by atoms with Gasteiger partial charge in [-0.25, -0.2) is 8.42 Å². The number of aryl methyl sites for hydroxylation is 1. The highest BCUT2D eigenvalue weighted by Gasteiger charge is 2.18. The van der Waals surface area contributed by atoms with Crippen LogP contribution in [0, 0.1) is 6.92 Å². The Morgan fingerprint density at radius 1 is 1.05 bits per heavy atom. The summed E-state index contributed by atoms with van der Waals surface area (Å²) in [6.45, 7) is 5.62. The van der Waals surface area contributed by atoms with Crippen LogP contribution in [0.25, 0.3) is 0 Å². The van der Waals surface area contributed by atoms with Crippen molar-refractivity contribution < 1.29 is 8.42 Å². The first-order valence-corrected chi connectivity index (χ1v) is 7.78. The summed E-state index contributed by atoms with van der Waals surface area (Å²) in [6, 6.07) is 15.7. The van der Waals surface area contributed by atoms with E-state index in [0.717, 1.165) is 11.1 Å². The van der Waals surface area contributed by atoms with Crippen molar-refractivity contribution in [3.05, 3.63) is 78.4 Å². The van der Waals surface area contributed by atoms with Crippen LogP contribution in [-0.4, -0.2) is 8.42 Å². The van der Waals surface area contributed by atoms with Crippen molar-refractivity contribution in [3.63, 3.8) is 0 Å². The van der Waals surface area contributed by atoms with E-state index in [1.807, 2.05) is 37.3 Å². The number of nitrogens with one attached hydrogen (secondary N) is 1. The lowest BCUT2D eigenvalue weighted by atomic mass is 10.1. The number of hydrogen-bond donors (Lipinski definition) is 1. The summed E-state index contributed by atoms with van der Waals surface area (Å²) >= 11 is 0. The van der Waals surface area contributed by atoms with Crippen molar-refractivity contribution in [2.75, 3.05) is 0 Å². The van der Waals surface area contributed by atoms with Gasteiger partial charge in [0.1, 0.15) is 0 Å². The summed E-state index contributed by atoms with van der Waals surface area (Å²) in [5.74, 6) is 0. The van der Waals surface area contributed by atoms with E-state index in [9.17, 15) is 8.42 Å². The molecule has 0 unspecified atom stereocenters. The minimum atomic E-state index is -3.56. The van der Waals surface area contributed by atoms with Gasteiger partial charge in [0, 0.05) is 0 Å². The summed E-state index contributed by atoms with van der Waals surface area (Å²) in [6.07, 6.45) is 1.58. The Bertz CT molecular complexity index is 676. The molecule has 0 bridgehead atoms. The molecule has 1 N–H and O–H groups in total. The van der Waals surface area contributed by atoms with Crippen LogP contribution < -0.4 is 4.72 Å². The average Bonchev–Trinajstić information content (AvgIpc) is 2.46. The van der Waals surface area contributed by atoms with Gasteiger partial charge in [-0.15, -0.1) is 6.58 Å². The molecule has 4 heteroatoms. The molecule has 0 spiro atoms. The van der Waals surface area contributed by atoms with Crippen molar-refractivity contribution in [1.29, 1.82) is 0 Å². The first kappa shape index (κ1) is 14.5. The first-order chi connectivity index (χ1) is 9.53. The van der Waals surface area contributed by atoms with Gasteiger partial charge in [0.05, 0.1) is 10.9 Å². The molecule has 2 rings (SSSR count). The quantitative estimate of drug-likeness (QED) is 0.858. The molecule has 104 valence electrons. The molecule has 0 fully saturated rings. The van der Waals surface area contributed by atoms with Gasteiger partial charge in [-0.05, 0) is 24.6 Å². The lowest BCUT2D eigenvalue weighted by Crippen LogP contribution is -2.27. The van der Waals surface area contributed by atoms with Crippen molar-refractivity contribution in [1.82, 2.24) is 4.72 Å². The van der Waals surface area contributed by atoms with Gasteiger partial charge >= 0.3 is 0 Å². The molecule has 2 aromatic rings. The van der Waals surface area contributed by atoms with Gasteiger partial charge in [0.2, 0.25) is 10.0 Å². The third-order valence-corrected chi connectivity index (χ3v) is 4.46. The minimum Gasteiger partial charge on any atom is -0.207 e. The van der Waals surface area contributed by atoms with Crippen LogP contribution in [0.4, 0.5) is 0 Å². The van der Waals surface area contributed by atoms with Crippen molar-refractivity contribution in [3.8, 4) is 0 Å². The average molecular weight is 287 g/mol. The second-order valence-corrected chi connectivity index (χ2v) is 6.27. The largest absolute Gasteiger partial charge is 0.241 e. The Morgan fingerprint density at radius 3 is 2.20 bits per heavy atom. The van der Waals surface area contributed by atoms with E-state index in [-0.39, 0.29) is 4.90 Å². The predicted molar refractivity (Wildman–Crippen MR) is 80.9 cm³/mol. The smallest absolute Gasteiger partial charge is 0.207 e. The summed E-state index contributed by atoms with van der Waals surface area (Å²) in [5, 5.41) is 0. The van der Waals surface area contributed by atoms with E-state index in [2.05, 4.69) is 11.3 Å². The number of hydrogen-bond acceptors (Lipinski definition) is 2. The molecule has 20 heavy (non-hydrogen) atoms. The molecule has 0 aromatic heterocycles. The maximum atomic E-state index is 12.3. The van der Waals surface area contributed by atoms with E-state index < -0.39 is 16.1 Å². The number of sulfonamides is 1. The highest BCUT2D eigenvalue weighted by Crippen LogP contribution is 2.18. The molecule has 0 amide bonds. The van der Waals surface area contributed by atoms with Crippen LogP contribution in [-0.2, 0) is 10.0 Å². The zero-order chi connectivity index (χ0) is 14.6.